The topological polar surface area (TPSA) is 104 Å². The largest absolute Gasteiger partial charge is 0.396 e. The number of aliphatic hydroxyl groups is 3. The number of aromatic nitrogens is 4. The number of fused-ring (bicyclic) bond motifs is 1. The molecule has 20 heavy (non-hydrogen) atoms. The molecule has 0 bridgehead atoms. The lowest BCUT2D eigenvalue weighted by molar-refractivity contribution is -0.00370. The molecule has 7 nitrogen and oxygen atoms in total. The fourth-order valence-electron chi connectivity index (χ4n) is 2.78. The number of hydrogen-bond acceptors (Lipinski definition) is 7. The summed E-state index contributed by atoms with van der Waals surface area (Å²) < 4.78 is 1.76. The Morgan fingerprint density at radius 3 is 2.75 bits per heavy atom. The van der Waals surface area contributed by atoms with Crippen LogP contribution in [-0.2, 0) is 0 Å². The Balaban J connectivity index is 2.03. The summed E-state index contributed by atoms with van der Waals surface area (Å²) in [4.78, 5) is 12.7. The molecule has 108 valence electrons. The van der Waals surface area contributed by atoms with Gasteiger partial charge in [-0.1, -0.05) is 0 Å². The lowest BCUT2D eigenvalue weighted by atomic mass is 10.1. The van der Waals surface area contributed by atoms with Gasteiger partial charge in [0.1, 0.15) is 23.0 Å². The fraction of sp³-hybridized carbons (Fsp3) is 0.583. The van der Waals surface area contributed by atoms with Gasteiger partial charge in [-0.2, -0.15) is 0 Å². The molecular weight excluding hydrogens is 280 g/mol. The summed E-state index contributed by atoms with van der Waals surface area (Å²) in [5, 5.41) is 30.1. The van der Waals surface area contributed by atoms with E-state index < -0.39 is 12.2 Å². The Kier molecular flexibility index (Phi) is 3.63. The number of thioether (sulfide) groups is 1. The van der Waals surface area contributed by atoms with Crippen LogP contribution in [0.5, 0.6) is 0 Å². The van der Waals surface area contributed by atoms with Crippen molar-refractivity contribution in [3.8, 4) is 0 Å². The molecule has 2 aromatic heterocycles. The second-order valence-corrected chi connectivity index (χ2v) is 5.73. The summed E-state index contributed by atoms with van der Waals surface area (Å²) in [5.74, 6) is -0.325. The third-order valence-electron chi connectivity index (χ3n) is 3.88. The lowest BCUT2D eigenvalue weighted by Gasteiger charge is -2.18. The van der Waals surface area contributed by atoms with Crippen LogP contribution in [0, 0.1) is 5.92 Å². The van der Waals surface area contributed by atoms with Crippen LogP contribution in [0.1, 0.15) is 12.5 Å². The average Bonchev–Trinajstić information content (AvgIpc) is 3.01. The number of hydrogen-bond donors (Lipinski definition) is 3. The number of rotatable bonds is 3. The highest BCUT2D eigenvalue weighted by Crippen LogP contribution is 2.37. The minimum absolute atomic E-state index is 0.146. The van der Waals surface area contributed by atoms with E-state index in [2.05, 4.69) is 15.0 Å². The minimum atomic E-state index is -0.933. The van der Waals surface area contributed by atoms with E-state index in [9.17, 15) is 15.3 Å². The zero-order valence-electron chi connectivity index (χ0n) is 10.9. The molecule has 0 saturated heterocycles. The van der Waals surface area contributed by atoms with Crippen LogP contribution < -0.4 is 0 Å². The molecule has 0 aromatic carbocycles. The van der Waals surface area contributed by atoms with Crippen molar-refractivity contribution in [1.29, 1.82) is 0 Å². The summed E-state index contributed by atoms with van der Waals surface area (Å²) >= 11 is 1.48. The monoisotopic (exact) mass is 296 g/mol. The Morgan fingerprint density at radius 2 is 2.10 bits per heavy atom. The Bertz CT molecular complexity index is 620. The maximum atomic E-state index is 10.2. The van der Waals surface area contributed by atoms with Gasteiger partial charge in [0.15, 0.2) is 5.65 Å². The van der Waals surface area contributed by atoms with E-state index in [0.717, 1.165) is 5.03 Å². The third-order valence-corrected chi connectivity index (χ3v) is 4.57. The van der Waals surface area contributed by atoms with Crippen molar-refractivity contribution >= 4 is 22.9 Å². The summed E-state index contributed by atoms with van der Waals surface area (Å²) in [5.41, 5.74) is 1.33. The summed E-state index contributed by atoms with van der Waals surface area (Å²) in [6.45, 7) is -0.146. The molecule has 8 heteroatoms. The molecule has 1 aliphatic carbocycles. The predicted octanol–water partition coefficient (Wildman–Crippen LogP) is -0.177. The van der Waals surface area contributed by atoms with Gasteiger partial charge in [0.05, 0.1) is 18.5 Å². The smallest absolute Gasteiger partial charge is 0.164 e. The van der Waals surface area contributed by atoms with Crippen molar-refractivity contribution in [2.45, 2.75) is 29.7 Å². The highest BCUT2D eigenvalue weighted by atomic mass is 32.2. The molecule has 3 N–H and O–H groups in total. The molecule has 0 radical (unpaired) electrons. The second kappa shape index (κ2) is 5.28. The first-order valence-corrected chi connectivity index (χ1v) is 7.58. The standard InChI is InChI=1S/C12H16N4O3S/c1-20-12-8-11(13-4-14-12)16(5-15-8)7-2-6(3-17)9(18)10(7)19/h4-7,9-10,17-19H,2-3H2,1H3/t6-,7-,9-,10+/m1/s1. The molecule has 3 rings (SSSR count). The molecule has 0 aliphatic heterocycles. The van der Waals surface area contributed by atoms with E-state index in [4.69, 9.17) is 0 Å². The van der Waals surface area contributed by atoms with Crippen molar-refractivity contribution in [3.63, 3.8) is 0 Å². The lowest BCUT2D eigenvalue weighted by Crippen LogP contribution is -2.30. The predicted molar refractivity (Wildman–Crippen MR) is 73.3 cm³/mol. The van der Waals surface area contributed by atoms with Gasteiger partial charge in [-0.25, -0.2) is 15.0 Å². The number of nitrogens with zero attached hydrogens (tertiary/aromatic N) is 4. The molecule has 0 amide bonds. The molecule has 2 heterocycles. The highest BCUT2D eigenvalue weighted by molar-refractivity contribution is 7.98. The Hall–Kier alpha value is -1.22. The van der Waals surface area contributed by atoms with E-state index in [1.165, 1.54) is 18.1 Å². The first kappa shape index (κ1) is 13.7. The van der Waals surface area contributed by atoms with Crippen LogP contribution in [0.3, 0.4) is 0 Å². The van der Waals surface area contributed by atoms with E-state index in [-0.39, 0.29) is 18.6 Å². The van der Waals surface area contributed by atoms with Gasteiger partial charge in [-0.3, -0.25) is 0 Å². The quantitative estimate of drug-likeness (QED) is 0.533. The van der Waals surface area contributed by atoms with Gasteiger partial charge >= 0.3 is 0 Å². The summed E-state index contributed by atoms with van der Waals surface area (Å²) in [7, 11) is 0. The van der Waals surface area contributed by atoms with Crippen molar-refractivity contribution in [2.75, 3.05) is 12.9 Å². The third kappa shape index (κ3) is 1.99. The fourth-order valence-corrected chi connectivity index (χ4v) is 3.27. The SMILES string of the molecule is CSc1ncnc2c1ncn2[C@@H]1C[C@H](CO)[C@@H](O)[C@H]1O. The van der Waals surface area contributed by atoms with Crippen molar-refractivity contribution in [1.82, 2.24) is 19.5 Å². The maximum Gasteiger partial charge on any atom is 0.164 e. The first-order chi connectivity index (χ1) is 9.67. The summed E-state index contributed by atoms with van der Waals surface area (Å²) in [6.07, 6.45) is 3.62. The van der Waals surface area contributed by atoms with Crippen LogP contribution in [-0.4, -0.2) is 59.9 Å². The first-order valence-electron chi connectivity index (χ1n) is 6.36. The zero-order chi connectivity index (χ0) is 14.3. The van der Waals surface area contributed by atoms with Crippen molar-refractivity contribution in [2.24, 2.45) is 5.92 Å². The minimum Gasteiger partial charge on any atom is -0.396 e. The molecule has 1 saturated carbocycles. The molecular formula is C12H16N4O3S. The van der Waals surface area contributed by atoms with Crippen LogP contribution in [0.2, 0.25) is 0 Å². The molecule has 4 atom stereocenters. The normalized spacial score (nSPS) is 30.2. The van der Waals surface area contributed by atoms with Gasteiger partial charge in [0.25, 0.3) is 0 Å². The van der Waals surface area contributed by atoms with Gasteiger partial charge in [0, 0.05) is 12.5 Å². The van der Waals surface area contributed by atoms with E-state index in [1.807, 2.05) is 6.26 Å². The van der Waals surface area contributed by atoms with Crippen molar-refractivity contribution < 1.29 is 15.3 Å². The van der Waals surface area contributed by atoms with Gasteiger partial charge in [-0.15, -0.1) is 11.8 Å². The summed E-state index contributed by atoms with van der Waals surface area (Å²) in [6, 6.07) is -0.336. The number of imidazole rings is 1. The Morgan fingerprint density at radius 1 is 1.30 bits per heavy atom. The average molecular weight is 296 g/mol. The molecule has 2 aromatic rings. The maximum absolute atomic E-state index is 10.2. The van der Waals surface area contributed by atoms with E-state index >= 15 is 0 Å². The Labute approximate surface area is 119 Å². The molecule has 0 spiro atoms. The van der Waals surface area contributed by atoms with E-state index in [1.54, 1.807) is 10.9 Å². The second-order valence-electron chi connectivity index (χ2n) is 4.93. The van der Waals surface area contributed by atoms with Crippen LogP contribution in [0.25, 0.3) is 11.2 Å². The van der Waals surface area contributed by atoms with Crippen LogP contribution >= 0.6 is 11.8 Å². The van der Waals surface area contributed by atoms with Gasteiger partial charge in [-0.05, 0) is 12.7 Å². The zero-order valence-corrected chi connectivity index (χ0v) is 11.7. The van der Waals surface area contributed by atoms with Crippen molar-refractivity contribution in [3.05, 3.63) is 12.7 Å². The molecule has 0 unspecified atom stereocenters. The number of aliphatic hydroxyl groups excluding tert-OH is 3. The van der Waals surface area contributed by atoms with Gasteiger partial charge < -0.3 is 19.9 Å². The van der Waals surface area contributed by atoms with Crippen LogP contribution in [0.4, 0.5) is 0 Å². The van der Waals surface area contributed by atoms with Gasteiger partial charge in [0.2, 0.25) is 0 Å². The molecule has 1 fully saturated rings. The van der Waals surface area contributed by atoms with Crippen LogP contribution in [0.15, 0.2) is 17.7 Å². The molecule has 1 aliphatic rings. The highest BCUT2D eigenvalue weighted by Gasteiger charge is 2.42. The van der Waals surface area contributed by atoms with E-state index in [0.29, 0.717) is 17.6 Å².